The molecule has 1 aromatic carbocycles. The number of rotatable bonds is 6. The predicted molar refractivity (Wildman–Crippen MR) is 91.9 cm³/mol. The molecule has 0 aromatic heterocycles. The largest absolute Gasteiger partial charge is 0.395 e. The van der Waals surface area contributed by atoms with Crippen LogP contribution in [-0.2, 0) is 11.2 Å². The number of aliphatic hydroxyl groups is 3. The maximum Gasteiger partial charge on any atom is 0.227 e. The molecule has 0 unspecified atom stereocenters. The van der Waals surface area contributed by atoms with Gasteiger partial charge < -0.3 is 25.1 Å². The molecule has 0 spiro atoms. The average molecular weight is 357 g/mol. The fourth-order valence-corrected chi connectivity index (χ4v) is 3.11. The van der Waals surface area contributed by atoms with E-state index < -0.39 is 11.7 Å². The number of piperidine rings is 1. The second-order valence-electron chi connectivity index (χ2n) is 6.47. The van der Waals surface area contributed by atoms with Crippen molar-refractivity contribution in [3.63, 3.8) is 0 Å². The summed E-state index contributed by atoms with van der Waals surface area (Å²) in [7, 11) is 1.78. The third-order valence-electron chi connectivity index (χ3n) is 4.47. The lowest BCUT2D eigenvalue weighted by molar-refractivity contribution is -0.152. The van der Waals surface area contributed by atoms with Crippen LogP contribution in [0.2, 0.25) is 5.02 Å². The molecule has 1 heterocycles. The number of carbonyl (C=O) groups is 1. The molecule has 6 nitrogen and oxygen atoms in total. The molecule has 0 aliphatic carbocycles. The van der Waals surface area contributed by atoms with Gasteiger partial charge in [-0.05, 0) is 31.2 Å². The van der Waals surface area contributed by atoms with Crippen LogP contribution in [0.1, 0.15) is 12.0 Å². The number of carbonyl (C=O) groups excluding carboxylic acids is 1. The van der Waals surface area contributed by atoms with E-state index in [0.717, 1.165) is 5.56 Å². The summed E-state index contributed by atoms with van der Waals surface area (Å²) in [6, 6.07) is 7.09. The van der Waals surface area contributed by atoms with Crippen molar-refractivity contribution >= 4 is 17.5 Å². The lowest BCUT2D eigenvalue weighted by atomic mass is 9.87. The minimum absolute atomic E-state index is 0.00558. The fraction of sp³-hybridized carbons (Fsp3) is 0.588. The zero-order valence-corrected chi connectivity index (χ0v) is 14.6. The van der Waals surface area contributed by atoms with Gasteiger partial charge in [-0.25, -0.2) is 0 Å². The van der Waals surface area contributed by atoms with E-state index in [9.17, 15) is 15.0 Å². The minimum Gasteiger partial charge on any atom is -0.395 e. The Hall–Kier alpha value is -1.18. The number of β-amino-alcohol motifs (C(OH)–C–C–N with tert-alkyl or cyclic N) is 1. The Labute approximate surface area is 147 Å². The molecular weight excluding hydrogens is 332 g/mol. The van der Waals surface area contributed by atoms with E-state index in [0.29, 0.717) is 24.5 Å². The molecule has 7 heteroatoms. The maximum absolute atomic E-state index is 12.4. The summed E-state index contributed by atoms with van der Waals surface area (Å²) < 4.78 is 0. The highest BCUT2D eigenvalue weighted by molar-refractivity contribution is 6.30. The average Bonchev–Trinajstić information content (AvgIpc) is 2.52. The van der Waals surface area contributed by atoms with Crippen molar-refractivity contribution in [2.24, 2.45) is 0 Å². The molecule has 134 valence electrons. The molecule has 0 radical (unpaired) electrons. The molecule has 1 aliphatic rings. The van der Waals surface area contributed by atoms with Crippen molar-refractivity contribution in [1.82, 2.24) is 9.80 Å². The van der Waals surface area contributed by atoms with Crippen LogP contribution in [0.3, 0.4) is 0 Å². The van der Waals surface area contributed by atoms with Crippen molar-refractivity contribution < 1.29 is 20.1 Å². The summed E-state index contributed by atoms with van der Waals surface area (Å²) >= 11 is 5.84. The van der Waals surface area contributed by atoms with Crippen molar-refractivity contribution in [3.8, 4) is 0 Å². The number of halogens is 1. The van der Waals surface area contributed by atoms with Gasteiger partial charge in [0.25, 0.3) is 0 Å². The first kappa shape index (κ1) is 19.1. The normalized spacial score (nSPS) is 24.4. The van der Waals surface area contributed by atoms with E-state index in [1.807, 2.05) is 0 Å². The third-order valence-corrected chi connectivity index (χ3v) is 4.73. The van der Waals surface area contributed by atoms with Crippen LogP contribution in [0, 0.1) is 0 Å². The van der Waals surface area contributed by atoms with E-state index in [2.05, 4.69) is 0 Å². The van der Waals surface area contributed by atoms with Gasteiger partial charge >= 0.3 is 0 Å². The zero-order chi connectivity index (χ0) is 17.7. The first-order chi connectivity index (χ1) is 11.3. The van der Waals surface area contributed by atoms with Crippen LogP contribution >= 0.6 is 11.6 Å². The van der Waals surface area contributed by atoms with Gasteiger partial charge in [-0.2, -0.15) is 0 Å². The quantitative estimate of drug-likeness (QED) is 0.675. The Morgan fingerprint density at radius 2 is 2.08 bits per heavy atom. The summed E-state index contributed by atoms with van der Waals surface area (Å²) in [6.45, 7) is 1.18. The lowest BCUT2D eigenvalue weighted by Gasteiger charge is -2.43. The highest BCUT2D eigenvalue weighted by Gasteiger charge is 2.42. The Morgan fingerprint density at radius 3 is 2.67 bits per heavy atom. The Bertz CT molecular complexity index is 554. The Kier molecular flexibility index (Phi) is 6.60. The first-order valence-electron chi connectivity index (χ1n) is 8.06. The van der Waals surface area contributed by atoms with E-state index >= 15 is 0 Å². The van der Waals surface area contributed by atoms with Crippen LogP contribution in [0.15, 0.2) is 24.3 Å². The van der Waals surface area contributed by atoms with Crippen LogP contribution in [0.4, 0.5) is 0 Å². The molecule has 2 atom stereocenters. The second kappa shape index (κ2) is 8.27. The SMILES string of the molecule is CN(CCO)C[C@@]1(O)CCN(C(=O)Cc2ccc(Cl)cc2)C[C@@H]1O. The van der Waals surface area contributed by atoms with Crippen molar-refractivity contribution in [1.29, 1.82) is 0 Å². The number of hydrogen-bond acceptors (Lipinski definition) is 5. The number of amides is 1. The highest BCUT2D eigenvalue weighted by atomic mass is 35.5. The number of hydrogen-bond donors (Lipinski definition) is 3. The van der Waals surface area contributed by atoms with Gasteiger partial charge in [0.1, 0.15) is 11.7 Å². The topological polar surface area (TPSA) is 84.2 Å². The third kappa shape index (κ3) is 4.91. The smallest absolute Gasteiger partial charge is 0.227 e. The molecule has 0 saturated carbocycles. The lowest BCUT2D eigenvalue weighted by Crippen LogP contribution is -2.61. The number of aliphatic hydroxyl groups excluding tert-OH is 2. The molecular formula is C17H25ClN2O4. The van der Waals surface area contributed by atoms with Crippen molar-refractivity contribution in [2.45, 2.75) is 24.5 Å². The van der Waals surface area contributed by atoms with Crippen molar-refractivity contribution in [2.75, 3.05) is 39.8 Å². The van der Waals surface area contributed by atoms with Gasteiger partial charge in [0, 0.05) is 31.2 Å². The van der Waals surface area contributed by atoms with Crippen molar-refractivity contribution in [3.05, 3.63) is 34.9 Å². The minimum atomic E-state index is -1.26. The number of likely N-dealkylation sites (tertiary alicyclic amines) is 1. The monoisotopic (exact) mass is 356 g/mol. The van der Waals surface area contributed by atoms with Gasteiger partial charge in [-0.1, -0.05) is 23.7 Å². The summed E-state index contributed by atoms with van der Waals surface area (Å²) in [5.74, 6) is -0.0814. The molecule has 1 amide bonds. The number of benzene rings is 1. The van der Waals surface area contributed by atoms with Crippen LogP contribution in [0.5, 0.6) is 0 Å². The number of nitrogens with zero attached hydrogens (tertiary/aromatic N) is 2. The number of likely N-dealkylation sites (N-methyl/N-ethyl adjacent to an activating group) is 1. The first-order valence-corrected chi connectivity index (χ1v) is 8.44. The van der Waals surface area contributed by atoms with Gasteiger partial charge in [0.15, 0.2) is 0 Å². The zero-order valence-electron chi connectivity index (χ0n) is 13.9. The summed E-state index contributed by atoms with van der Waals surface area (Å²) in [5.41, 5.74) is -0.400. The molecule has 1 saturated heterocycles. The van der Waals surface area contributed by atoms with E-state index in [1.165, 1.54) is 0 Å². The van der Waals surface area contributed by atoms with Gasteiger partial charge in [0.2, 0.25) is 5.91 Å². The fourth-order valence-electron chi connectivity index (χ4n) is 2.98. The molecule has 0 bridgehead atoms. The Balaban J connectivity index is 1.91. The second-order valence-corrected chi connectivity index (χ2v) is 6.91. The van der Waals surface area contributed by atoms with Gasteiger partial charge in [-0.3, -0.25) is 4.79 Å². The van der Waals surface area contributed by atoms with Gasteiger partial charge in [-0.15, -0.1) is 0 Å². The van der Waals surface area contributed by atoms with Gasteiger partial charge in [0.05, 0.1) is 13.0 Å². The molecule has 2 rings (SSSR count). The molecule has 1 aromatic rings. The summed E-state index contributed by atoms with van der Waals surface area (Å²) in [6.07, 6.45) is -0.468. The summed E-state index contributed by atoms with van der Waals surface area (Å²) in [5, 5.41) is 30.5. The molecule has 1 fully saturated rings. The van der Waals surface area contributed by atoms with Crippen LogP contribution < -0.4 is 0 Å². The highest BCUT2D eigenvalue weighted by Crippen LogP contribution is 2.24. The summed E-state index contributed by atoms with van der Waals surface area (Å²) in [4.78, 5) is 15.7. The molecule has 3 N–H and O–H groups in total. The standard InChI is InChI=1S/C17H25ClN2O4/c1-19(8-9-21)12-17(24)6-7-20(11-15(17)22)16(23)10-13-2-4-14(18)5-3-13/h2-5,15,21-22,24H,6-12H2,1H3/t15-,17-/m0/s1. The van der Waals surface area contributed by atoms with E-state index in [-0.39, 0.29) is 32.0 Å². The Morgan fingerprint density at radius 1 is 1.42 bits per heavy atom. The molecule has 24 heavy (non-hydrogen) atoms. The van der Waals surface area contributed by atoms with E-state index in [1.54, 1.807) is 41.1 Å². The van der Waals surface area contributed by atoms with E-state index in [4.69, 9.17) is 16.7 Å². The maximum atomic E-state index is 12.4. The molecule has 1 aliphatic heterocycles. The van der Waals surface area contributed by atoms with Crippen LogP contribution in [-0.4, -0.2) is 82.6 Å². The predicted octanol–water partition coefficient (Wildman–Crippen LogP) is 0.131. The van der Waals surface area contributed by atoms with Crippen LogP contribution in [0.25, 0.3) is 0 Å².